The predicted molar refractivity (Wildman–Crippen MR) is 59.3 cm³/mol. The fourth-order valence-corrected chi connectivity index (χ4v) is 1.97. The first-order valence-electron chi connectivity index (χ1n) is 5.73. The van der Waals surface area contributed by atoms with Crippen molar-refractivity contribution in [1.29, 1.82) is 0 Å². The summed E-state index contributed by atoms with van der Waals surface area (Å²) in [4.78, 5) is 2.22. The molecule has 1 aromatic rings. The Morgan fingerprint density at radius 1 is 1.06 bits per heavy atom. The van der Waals surface area contributed by atoms with E-state index in [2.05, 4.69) is 10.2 Å². The van der Waals surface area contributed by atoms with Crippen LogP contribution in [0.25, 0.3) is 0 Å². The molecule has 2 nitrogen and oxygen atoms in total. The summed E-state index contributed by atoms with van der Waals surface area (Å²) in [5.74, 6) is -3.61. The summed E-state index contributed by atoms with van der Waals surface area (Å²) in [7, 11) is 0. The molecule has 1 aliphatic rings. The molecule has 0 bridgehead atoms. The van der Waals surface area contributed by atoms with Gasteiger partial charge in [0.25, 0.3) is 0 Å². The minimum atomic E-state index is -1.39. The summed E-state index contributed by atoms with van der Waals surface area (Å²) in [5.41, 5.74) is 0.500. The van der Waals surface area contributed by atoms with Crippen molar-refractivity contribution in [2.45, 2.75) is 6.42 Å². The standard InChI is InChI=1S/C12H15F3N2/c13-10-7-9(8-11(14)12(10)15)1-4-17-5-2-16-3-6-17/h7-8,16H,1-6H2. The van der Waals surface area contributed by atoms with Crippen molar-refractivity contribution in [3.63, 3.8) is 0 Å². The maximum Gasteiger partial charge on any atom is 0.194 e. The van der Waals surface area contributed by atoms with Crippen molar-refractivity contribution in [3.8, 4) is 0 Å². The van der Waals surface area contributed by atoms with Crippen LogP contribution in [0.3, 0.4) is 0 Å². The first kappa shape index (κ1) is 12.4. The lowest BCUT2D eigenvalue weighted by molar-refractivity contribution is 0.243. The van der Waals surface area contributed by atoms with Gasteiger partial charge in [-0.3, -0.25) is 0 Å². The molecule has 1 fully saturated rings. The maximum atomic E-state index is 13.0. The van der Waals surface area contributed by atoms with Gasteiger partial charge >= 0.3 is 0 Å². The van der Waals surface area contributed by atoms with E-state index in [4.69, 9.17) is 0 Å². The van der Waals surface area contributed by atoms with Crippen molar-refractivity contribution in [2.75, 3.05) is 32.7 Å². The van der Waals surface area contributed by atoms with Crippen molar-refractivity contribution in [3.05, 3.63) is 35.1 Å². The molecular weight excluding hydrogens is 229 g/mol. The Morgan fingerprint density at radius 2 is 1.65 bits per heavy atom. The van der Waals surface area contributed by atoms with Crippen LogP contribution in [0.2, 0.25) is 0 Å². The van der Waals surface area contributed by atoms with Gasteiger partial charge < -0.3 is 10.2 Å². The molecule has 2 rings (SSSR count). The highest BCUT2D eigenvalue weighted by Gasteiger charge is 2.12. The van der Waals surface area contributed by atoms with Crippen LogP contribution in [-0.2, 0) is 6.42 Å². The van der Waals surface area contributed by atoms with Crippen LogP contribution in [-0.4, -0.2) is 37.6 Å². The average Bonchev–Trinajstić information content (AvgIpc) is 2.34. The normalized spacial score (nSPS) is 17.4. The van der Waals surface area contributed by atoms with E-state index in [1.165, 1.54) is 0 Å². The largest absolute Gasteiger partial charge is 0.314 e. The zero-order chi connectivity index (χ0) is 12.3. The van der Waals surface area contributed by atoms with Crippen molar-refractivity contribution in [1.82, 2.24) is 10.2 Å². The number of nitrogens with zero attached hydrogens (tertiary/aromatic N) is 1. The van der Waals surface area contributed by atoms with Crippen LogP contribution in [0.1, 0.15) is 5.56 Å². The molecule has 0 spiro atoms. The average molecular weight is 244 g/mol. The van der Waals surface area contributed by atoms with Crippen LogP contribution >= 0.6 is 0 Å². The number of benzene rings is 1. The highest BCUT2D eigenvalue weighted by Crippen LogP contribution is 2.14. The SMILES string of the molecule is Fc1cc(CCN2CCNCC2)cc(F)c1F. The van der Waals surface area contributed by atoms with Gasteiger partial charge in [-0.1, -0.05) is 0 Å². The van der Waals surface area contributed by atoms with E-state index in [0.29, 0.717) is 12.0 Å². The molecule has 0 atom stereocenters. The van der Waals surface area contributed by atoms with Gasteiger partial charge in [0.05, 0.1) is 0 Å². The Kier molecular flexibility index (Phi) is 4.02. The third kappa shape index (κ3) is 3.20. The molecule has 1 heterocycles. The summed E-state index contributed by atoms with van der Waals surface area (Å²) < 4.78 is 38.7. The molecule has 17 heavy (non-hydrogen) atoms. The van der Waals surface area contributed by atoms with Crippen molar-refractivity contribution in [2.24, 2.45) is 0 Å². The Labute approximate surface area is 98.4 Å². The second-order valence-corrected chi connectivity index (χ2v) is 4.22. The Bertz CT molecular complexity index is 366. The molecule has 0 radical (unpaired) electrons. The minimum Gasteiger partial charge on any atom is -0.314 e. The highest BCUT2D eigenvalue weighted by molar-refractivity contribution is 5.19. The van der Waals surface area contributed by atoms with Crippen LogP contribution in [0, 0.1) is 17.5 Å². The van der Waals surface area contributed by atoms with Gasteiger partial charge in [-0.15, -0.1) is 0 Å². The molecule has 0 amide bonds. The molecule has 1 aliphatic heterocycles. The van der Waals surface area contributed by atoms with E-state index < -0.39 is 17.5 Å². The Morgan fingerprint density at radius 3 is 2.24 bits per heavy atom. The monoisotopic (exact) mass is 244 g/mol. The molecule has 0 saturated carbocycles. The summed E-state index contributed by atoms with van der Waals surface area (Å²) >= 11 is 0. The number of rotatable bonds is 3. The Balaban J connectivity index is 1.94. The van der Waals surface area contributed by atoms with Gasteiger partial charge in [0.1, 0.15) is 0 Å². The van der Waals surface area contributed by atoms with Crippen LogP contribution in [0.4, 0.5) is 13.2 Å². The second-order valence-electron chi connectivity index (χ2n) is 4.22. The first-order chi connectivity index (χ1) is 8.16. The summed E-state index contributed by atoms with van der Waals surface area (Å²) in [6, 6.07) is 2.14. The number of piperazine rings is 1. The van der Waals surface area contributed by atoms with E-state index in [9.17, 15) is 13.2 Å². The lowest BCUT2D eigenvalue weighted by Crippen LogP contribution is -2.44. The topological polar surface area (TPSA) is 15.3 Å². The van der Waals surface area contributed by atoms with Crippen molar-refractivity contribution >= 4 is 0 Å². The van der Waals surface area contributed by atoms with Crippen LogP contribution in [0.5, 0.6) is 0 Å². The first-order valence-corrected chi connectivity index (χ1v) is 5.73. The number of nitrogens with one attached hydrogen (secondary N) is 1. The summed E-state index contributed by atoms with van der Waals surface area (Å²) in [6.45, 7) is 4.49. The second kappa shape index (κ2) is 5.51. The van der Waals surface area contributed by atoms with E-state index in [1.807, 2.05) is 0 Å². The molecule has 94 valence electrons. The van der Waals surface area contributed by atoms with Gasteiger partial charge in [-0.2, -0.15) is 0 Å². The molecule has 5 heteroatoms. The lowest BCUT2D eigenvalue weighted by atomic mass is 10.1. The molecule has 0 aromatic heterocycles. The molecule has 0 unspecified atom stereocenters. The molecule has 0 aliphatic carbocycles. The van der Waals surface area contributed by atoms with Gasteiger partial charge in [0.15, 0.2) is 17.5 Å². The third-order valence-electron chi connectivity index (χ3n) is 2.97. The van der Waals surface area contributed by atoms with Crippen LogP contribution < -0.4 is 5.32 Å². The minimum absolute atomic E-state index is 0.500. The lowest BCUT2D eigenvalue weighted by Gasteiger charge is -2.27. The van der Waals surface area contributed by atoms with E-state index in [0.717, 1.165) is 44.9 Å². The van der Waals surface area contributed by atoms with E-state index in [1.54, 1.807) is 0 Å². The zero-order valence-electron chi connectivity index (χ0n) is 9.48. The third-order valence-corrected chi connectivity index (χ3v) is 2.97. The van der Waals surface area contributed by atoms with Gasteiger partial charge in [0.2, 0.25) is 0 Å². The van der Waals surface area contributed by atoms with Crippen molar-refractivity contribution < 1.29 is 13.2 Å². The molecule has 1 N–H and O–H groups in total. The fraction of sp³-hybridized carbons (Fsp3) is 0.500. The number of halogens is 3. The zero-order valence-corrected chi connectivity index (χ0v) is 9.48. The van der Waals surface area contributed by atoms with Crippen LogP contribution in [0.15, 0.2) is 12.1 Å². The predicted octanol–water partition coefficient (Wildman–Crippen LogP) is 1.55. The van der Waals surface area contributed by atoms with Gasteiger partial charge in [0, 0.05) is 32.7 Å². The number of hydrogen-bond acceptors (Lipinski definition) is 2. The van der Waals surface area contributed by atoms with E-state index in [-0.39, 0.29) is 0 Å². The molecule has 1 saturated heterocycles. The molecule has 1 aromatic carbocycles. The smallest absolute Gasteiger partial charge is 0.194 e. The van der Waals surface area contributed by atoms with Gasteiger partial charge in [-0.05, 0) is 24.1 Å². The molecular formula is C12H15F3N2. The van der Waals surface area contributed by atoms with Gasteiger partial charge in [-0.25, -0.2) is 13.2 Å². The van der Waals surface area contributed by atoms with E-state index >= 15 is 0 Å². The summed E-state index contributed by atoms with van der Waals surface area (Å²) in [5, 5.41) is 3.23. The Hall–Kier alpha value is -1.07. The fourth-order valence-electron chi connectivity index (χ4n) is 1.97. The quantitative estimate of drug-likeness (QED) is 0.812. The number of hydrogen-bond donors (Lipinski definition) is 1. The highest BCUT2D eigenvalue weighted by atomic mass is 19.2. The maximum absolute atomic E-state index is 13.0. The summed E-state index contributed by atoms with van der Waals surface area (Å²) in [6.07, 6.45) is 0.536.